The van der Waals surface area contributed by atoms with E-state index in [1.165, 1.54) is 14.0 Å². The van der Waals surface area contributed by atoms with Gasteiger partial charge in [-0.05, 0) is 58.8 Å². The highest BCUT2D eigenvalue weighted by atomic mass is 127. The Morgan fingerprint density at radius 3 is 2.33 bits per heavy atom. The minimum atomic E-state index is -0.296. The molecule has 18 heavy (non-hydrogen) atoms. The standard InChI is InChI=1S/C15H15IOS/c16-13-8-6-12(7-9-13)10-14(17)11-18-15-4-2-1-3-5-15/h1-9,14,17H,10-11H2. The first-order valence-electron chi connectivity index (χ1n) is 5.84. The summed E-state index contributed by atoms with van der Waals surface area (Å²) >= 11 is 3.99. The van der Waals surface area contributed by atoms with Gasteiger partial charge in [-0.3, -0.25) is 0 Å². The van der Waals surface area contributed by atoms with Gasteiger partial charge in [0.15, 0.2) is 0 Å². The van der Waals surface area contributed by atoms with E-state index < -0.39 is 0 Å². The third-order valence-electron chi connectivity index (χ3n) is 2.57. The normalized spacial score (nSPS) is 12.3. The lowest BCUT2D eigenvalue weighted by molar-refractivity contribution is 0.200. The van der Waals surface area contributed by atoms with Crippen molar-refractivity contribution in [3.8, 4) is 0 Å². The number of aliphatic hydroxyl groups excluding tert-OH is 1. The van der Waals surface area contributed by atoms with E-state index in [0.717, 1.165) is 12.2 Å². The zero-order valence-electron chi connectivity index (χ0n) is 9.92. The highest BCUT2D eigenvalue weighted by molar-refractivity contribution is 14.1. The smallest absolute Gasteiger partial charge is 0.0674 e. The SMILES string of the molecule is OC(CSc1ccccc1)Cc1ccc(I)cc1. The molecule has 3 heteroatoms. The summed E-state index contributed by atoms with van der Waals surface area (Å²) in [5.41, 5.74) is 1.19. The molecule has 1 unspecified atom stereocenters. The topological polar surface area (TPSA) is 20.2 Å². The molecule has 0 saturated heterocycles. The maximum absolute atomic E-state index is 10.0. The van der Waals surface area contributed by atoms with Crippen molar-refractivity contribution in [2.75, 3.05) is 5.75 Å². The van der Waals surface area contributed by atoms with E-state index in [1.54, 1.807) is 11.8 Å². The van der Waals surface area contributed by atoms with Gasteiger partial charge in [0.25, 0.3) is 0 Å². The molecular weight excluding hydrogens is 355 g/mol. The summed E-state index contributed by atoms with van der Waals surface area (Å²) in [5, 5.41) is 10.0. The molecule has 94 valence electrons. The van der Waals surface area contributed by atoms with Gasteiger partial charge in [-0.1, -0.05) is 30.3 Å². The number of aliphatic hydroxyl groups is 1. The molecule has 0 fully saturated rings. The maximum atomic E-state index is 10.0. The highest BCUT2D eigenvalue weighted by Gasteiger charge is 2.06. The number of thioether (sulfide) groups is 1. The van der Waals surface area contributed by atoms with Crippen LogP contribution in [0.1, 0.15) is 5.56 Å². The van der Waals surface area contributed by atoms with Crippen molar-refractivity contribution in [1.82, 2.24) is 0 Å². The Morgan fingerprint density at radius 2 is 1.67 bits per heavy atom. The fraction of sp³-hybridized carbons (Fsp3) is 0.200. The van der Waals surface area contributed by atoms with Gasteiger partial charge >= 0.3 is 0 Å². The van der Waals surface area contributed by atoms with Crippen molar-refractivity contribution in [3.05, 3.63) is 63.7 Å². The van der Waals surface area contributed by atoms with Gasteiger partial charge < -0.3 is 5.11 Å². The molecule has 0 saturated carbocycles. The zero-order valence-corrected chi connectivity index (χ0v) is 12.9. The van der Waals surface area contributed by atoms with Crippen molar-refractivity contribution in [3.63, 3.8) is 0 Å². The van der Waals surface area contributed by atoms with E-state index >= 15 is 0 Å². The summed E-state index contributed by atoms with van der Waals surface area (Å²) in [6, 6.07) is 18.5. The molecule has 0 bridgehead atoms. The van der Waals surface area contributed by atoms with Gasteiger partial charge in [0, 0.05) is 14.2 Å². The summed E-state index contributed by atoms with van der Waals surface area (Å²) in [4.78, 5) is 1.21. The molecule has 1 atom stereocenters. The Hall–Kier alpha value is -0.520. The zero-order chi connectivity index (χ0) is 12.8. The maximum Gasteiger partial charge on any atom is 0.0674 e. The molecule has 0 aliphatic carbocycles. The summed E-state index contributed by atoms with van der Waals surface area (Å²) in [7, 11) is 0. The lowest BCUT2D eigenvalue weighted by Gasteiger charge is -2.10. The predicted octanol–water partition coefficient (Wildman–Crippen LogP) is 3.99. The van der Waals surface area contributed by atoms with Gasteiger partial charge in [-0.2, -0.15) is 0 Å². The van der Waals surface area contributed by atoms with Crippen molar-refractivity contribution >= 4 is 34.4 Å². The Bertz CT molecular complexity index is 470. The van der Waals surface area contributed by atoms with Crippen LogP contribution < -0.4 is 0 Å². The summed E-state index contributed by atoms with van der Waals surface area (Å²) in [5.74, 6) is 0.732. The van der Waals surface area contributed by atoms with Crippen LogP contribution in [0.15, 0.2) is 59.5 Å². The van der Waals surface area contributed by atoms with Crippen molar-refractivity contribution < 1.29 is 5.11 Å². The first-order valence-corrected chi connectivity index (χ1v) is 7.91. The van der Waals surface area contributed by atoms with E-state index in [-0.39, 0.29) is 6.10 Å². The second kappa shape index (κ2) is 7.16. The van der Waals surface area contributed by atoms with Crippen LogP contribution in [0.5, 0.6) is 0 Å². The van der Waals surface area contributed by atoms with E-state index in [2.05, 4.69) is 59.0 Å². The first kappa shape index (κ1) is 13.9. The first-order chi connectivity index (χ1) is 8.74. The largest absolute Gasteiger partial charge is 0.392 e. The average Bonchev–Trinajstić information content (AvgIpc) is 2.40. The fourth-order valence-corrected chi connectivity index (χ4v) is 2.87. The quantitative estimate of drug-likeness (QED) is 0.635. The fourth-order valence-electron chi connectivity index (χ4n) is 1.66. The molecule has 1 N–H and O–H groups in total. The van der Waals surface area contributed by atoms with Gasteiger partial charge in [0.2, 0.25) is 0 Å². The van der Waals surface area contributed by atoms with Crippen LogP contribution in [0.2, 0.25) is 0 Å². The van der Waals surface area contributed by atoms with Crippen molar-refractivity contribution in [2.24, 2.45) is 0 Å². The van der Waals surface area contributed by atoms with E-state index in [4.69, 9.17) is 0 Å². The second-order valence-corrected chi connectivity index (χ2v) is 6.45. The molecule has 0 aromatic heterocycles. The number of halogens is 1. The van der Waals surface area contributed by atoms with E-state index in [0.29, 0.717) is 0 Å². The molecule has 0 radical (unpaired) electrons. The molecule has 2 aromatic carbocycles. The predicted molar refractivity (Wildman–Crippen MR) is 86.0 cm³/mol. The van der Waals surface area contributed by atoms with E-state index in [9.17, 15) is 5.11 Å². The van der Waals surface area contributed by atoms with Crippen LogP contribution in [0.3, 0.4) is 0 Å². The molecule has 0 amide bonds. The molecule has 0 spiro atoms. The summed E-state index contributed by atoms with van der Waals surface area (Å²) < 4.78 is 1.23. The highest BCUT2D eigenvalue weighted by Crippen LogP contribution is 2.19. The van der Waals surface area contributed by atoms with Crippen LogP contribution in [0.25, 0.3) is 0 Å². The lowest BCUT2D eigenvalue weighted by Crippen LogP contribution is -2.13. The third-order valence-corrected chi connectivity index (χ3v) is 4.45. The minimum absolute atomic E-state index is 0.296. The van der Waals surface area contributed by atoms with Crippen LogP contribution in [-0.2, 0) is 6.42 Å². The van der Waals surface area contributed by atoms with Gasteiger partial charge in [0.05, 0.1) is 6.10 Å². The Labute approximate surface area is 126 Å². The Morgan fingerprint density at radius 1 is 1.00 bits per heavy atom. The lowest BCUT2D eigenvalue weighted by atomic mass is 10.1. The molecule has 2 rings (SSSR count). The van der Waals surface area contributed by atoms with Gasteiger partial charge in [0.1, 0.15) is 0 Å². The minimum Gasteiger partial charge on any atom is -0.392 e. The monoisotopic (exact) mass is 370 g/mol. The Kier molecular flexibility index (Phi) is 5.53. The van der Waals surface area contributed by atoms with Crippen LogP contribution in [0, 0.1) is 3.57 Å². The van der Waals surface area contributed by atoms with Crippen molar-refractivity contribution in [1.29, 1.82) is 0 Å². The molecule has 0 heterocycles. The van der Waals surface area contributed by atoms with E-state index in [1.807, 2.05) is 18.2 Å². The molecule has 0 aliphatic heterocycles. The Balaban J connectivity index is 1.82. The number of hydrogen-bond donors (Lipinski definition) is 1. The third kappa shape index (κ3) is 4.63. The summed E-state index contributed by atoms with van der Waals surface area (Å²) in [6.45, 7) is 0. The van der Waals surface area contributed by atoms with Crippen LogP contribution >= 0.6 is 34.4 Å². The van der Waals surface area contributed by atoms with Crippen LogP contribution in [-0.4, -0.2) is 17.0 Å². The molecule has 0 aliphatic rings. The average molecular weight is 370 g/mol. The summed E-state index contributed by atoms with van der Waals surface area (Å²) in [6.07, 6.45) is 0.423. The van der Waals surface area contributed by atoms with Gasteiger partial charge in [-0.15, -0.1) is 11.8 Å². The molecule has 2 aromatic rings. The van der Waals surface area contributed by atoms with Gasteiger partial charge in [-0.25, -0.2) is 0 Å². The van der Waals surface area contributed by atoms with Crippen molar-refractivity contribution in [2.45, 2.75) is 17.4 Å². The second-order valence-electron chi connectivity index (χ2n) is 4.11. The number of benzene rings is 2. The molecular formula is C15H15IOS. The molecule has 1 nitrogen and oxygen atoms in total. The number of rotatable bonds is 5. The number of hydrogen-bond acceptors (Lipinski definition) is 2. The van der Waals surface area contributed by atoms with Crippen LogP contribution in [0.4, 0.5) is 0 Å².